The average Bonchev–Trinajstić information content (AvgIpc) is 2.26. The molecule has 1 rings (SSSR count). The summed E-state index contributed by atoms with van der Waals surface area (Å²) in [6.45, 7) is 12.9. The predicted molar refractivity (Wildman–Crippen MR) is 67.2 cm³/mol. The van der Waals surface area contributed by atoms with E-state index in [9.17, 15) is 0 Å². The maximum absolute atomic E-state index is 3.62. The summed E-state index contributed by atoms with van der Waals surface area (Å²) in [6, 6.07) is 1.47. The largest absolute Gasteiger partial charge is 0.311 e. The normalized spacial score (nSPS) is 25.8. The Hall–Kier alpha value is -0.0800. The summed E-state index contributed by atoms with van der Waals surface area (Å²) < 4.78 is 0. The van der Waals surface area contributed by atoms with Crippen molar-refractivity contribution >= 4 is 0 Å². The van der Waals surface area contributed by atoms with Gasteiger partial charge in [-0.05, 0) is 19.3 Å². The number of unbranched alkanes of at least 4 members (excludes halogenated alkanes) is 1. The fourth-order valence-electron chi connectivity index (χ4n) is 2.33. The van der Waals surface area contributed by atoms with Gasteiger partial charge in [0.2, 0.25) is 0 Å². The van der Waals surface area contributed by atoms with Crippen LogP contribution in [0.1, 0.15) is 47.0 Å². The lowest BCUT2D eigenvalue weighted by Crippen LogP contribution is -2.55. The van der Waals surface area contributed by atoms with Crippen LogP contribution in [0.3, 0.4) is 0 Å². The van der Waals surface area contributed by atoms with Crippen LogP contribution < -0.4 is 5.32 Å². The summed E-state index contributed by atoms with van der Waals surface area (Å²) in [7, 11) is 0. The van der Waals surface area contributed by atoms with Crippen LogP contribution in [0.4, 0.5) is 0 Å². The molecule has 15 heavy (non-hydrogen) atoms. The third-order valence-corrected chi connectivity index (χ3v) is 3.64. The molecule has 1 N–H and O–H groups in total. The lowest BCUT2D eigenvalue weighted by molar-refractivity contribution is 0.128. The van der Waals surface area contributed by atoms with E-state index in [-0.39, 0.29) is 0 Å². The van der Waals surface area contributed by atoms with E-state index in [1.165, 1.54) is 38.9 Å². The monoisotopic (exact) mass is 212 g/mol. The number of hydrogen-bond donors (Lipinski definition) is 1. The second kappa shape index (κ2) is 6.49. The first-order valence-electron chi connectivity index (χ1n) is 6.62. The Labute approximate surface area is 95.4 Å². The Bertz CT molecular complexity index is 168. The van der Waals surface area contributed by atoms with E-state index in [0.717, 1.165) is 12.0 Å². The molecule has 1 aliphatic heterocycles. The van der Waals surface area contributed by atoms with Gasteiger partial charge in [-0.25, -0.2) is 0 Å². The summed E-state index contributed by atoms with van der Waals surface area (Å²) >= 11 is 0. The molecule has 90 valence electrons. The van der Waals surface area contributed by atoms with Gasteiger partial charge in [-0.3, -0.25) is 4.90 Å². The zero-order valence-corrected chi connectivity index (χ0v) is 10.9. The maximum Gasteiger partial charge on any atom is 0.0218 e. The number of rotatable bonds is 5. The lowest BCUT2D eigenvalue weighted by Gasteiger charge is -2.39. The van der Waals surface area contributed by atoms with E-state index >= 15 is 0 Å². The standard InChI is InChI=1S/C13H28N2/c1-5-6-7-12(4)15-9-8-14-13(10-15)11(2)3/h11-14H,5-10H2,1-4H3. The summed E-state index contributed by atoms with van der Waals surface area (Å²) in [5, 5.41) is 3.62. The van der Waals surface area contributed by atoms with Crippen molar-refractivity contribution in [3.8, 4) is 0 Å². The predicted octanol–water partition coefficient (Wildman–Crippen LogP) is 2.49. The molecule has 1 fully saturated rings. The fourth-order valence-corrected chi connectivity index (χ4v) is 2.33. The third kappa shape index (κ3) is 4.12. The smallest absolute Gasteiger partial charge is 0.0218 e. The molecular formula is C13H28N2. The van der Waals surface area contributed by atoms with E-state index in [2.05, 4.69) is 37.9 Å². The van der Waals surface area contributed by atoms with Crippen LogP contribution in [0.15, 0.2) is 0 Å². The van der Waals surface area contributed by atoms with E-state index in [1.54, 1.807) is 0 Å². The van der Waals surface area contributed by atoms with Gasteiger partial charge in [-0.15, -0.1) is 0 Å². The Balaban J connectivity index is 2.34. The Morgan fingerprint density at radius 3 is 2.67 bits per heavy atom. The summed E-state index contributed by atoms with van der Waals surface area (Å²) in [5.41, 5.74) is 0. The lowest BCUT2D eigenvalue weighted by atomic mass is 10.00. The second-order valence-corrected chi connectivity index (χ2v) is 5.29. The molecule has 0 saturated carbocycles. The molecule has 0 aromatic heterocycles. The third-order valence-electron chi connectivity index (χ3n) is 3.64. The highest BCUT2D eigenvalue weighted by Gasteiger charge is 2.24. The zero-order chi connectivity index (χ0) is 11.3. The molecule has 2 atom stereocenters. The number of hydrogen-bond acceptors (Lipinski definition) is 2. The van der Waals surface area contributed by atoms with Crippen molar-refractivity contribution in [1.29, 1.82) is 0 Å². The quantitative estimate of drug-likeness (QED) is 0.753. The Morgan fingerprint density at radius 1 is 1.33 bits per heavy atom. The highest BCUT2D eigenvalue weighted by molar-refractivity contribution is 4.83. The molecule has 0 aromatic rings. The van der Waals surface area contributed by atoms with Crippen molar-refractivity contribution in [1.82, 2.24) is 10.2 Å². The molecule has 0 spiro atoms. The maximum atomic E-state index is 3.62. The van der Waals surface area contributed by atoms with Crippen molar-refractivity contribution in [2.75, 3.05) is 19.6 Å². The van der Waals surface area contributed by atoms with Gasteiger partial charge < -0.3 is 5.32 Å². The van der Waals surface area contributed by atoms with Crippen molar-refractivity contribution in [2.24, 2.45) is 5.92 Å². The Kier molecular flexibility index (Phi) is 5.62. The first-order valence-corrected chi connectivity index (χ1v) is 6.62. The fraction of sp³-hybridized carbons (Fsp3) is 1.00. The molecule has 0 aliphatic carbocycles. The van der Waals surface area contributed by atoms with Gasteiger partial charge in [0.25, 0.3) is 0 Å². The molecule has 2 heteroatoms. The highest BCUT2D eigenvalue weighted by atomic mass is 15.2. The summed E-state index contributed by atoms with van der Waals surface area (Å²) in [6.07, 6.45) is 4.06. The van der Waals surface area contributed by atoms with E-state index in [0.29, 0.717) is 6.04 Å². The molecule has 0 aromatic carbocycles. The van der Waals surface area contributed by atoms with Crippen LogP contribution in [0.5, 0.6) is 0 Å². The Morgan fingerprint density at radius 2 is 2.07 bits per heavy atom. The molecule has 0 radical (unpaired) electrons. The van der Waals surface area contributed by atoms with Gasteiger partial charge in [0.1, 0.15) is 0 Å². The molecule has 1 aliphatic rings. The number of piperazine rings is 1. The van der Waals surface area contributed by atoms with Crippen LogP contribution in [-0.4, -0.2) is 36.6 Å². The van der Waals surface area contributed by atoms with Crippen LogP contribution in [0.2, 0.25) is 0 Å². The molecular weight excluding hydrogens is 184 g/mol. The average molecular weight is 212 g/mol. The highest BCUT2D eigenvalue weighted by Crippen LogP contribution is 2.14. The first kappa shape index (κ1) is 13.0. The van der Waals surface area contributed by atoms with Crippen LogP contribution in [-0.2, 0) is 0 Å². The van der Waals surface area contributed by atoms with Gasteiger partial charge >= 0.3 is 0 Å². The molecule has 1 saturated heterocycles. The van der Waals surface area contributed by atoms with Crippen molar-refractivity contribution in [3.63, 3.8) is 0 Å². The van der Waals surface area contributed by atoms with Crippen LogP contribution >= 0.6 is 0 Å². The molecule has 2 unspecified atom stereocenters. The molecule has 1 heterocycles. The van der Waals surface area contributed by atoms with E-state index < -0.39 is 0 Å². The number of nitrogens with one attached hydrogen (secondary N) is 1. The molecule has 2 nitrogen and oxygen atoms in total. The van der Waals surface area contributed by atoms with Crippen molar-refractivity contribution < 1.29 is 0 Å². The number of nitrogens with zero attached hydrogens (tertiary/aromatic N) is 1. The summed E-state index contributed by atoms with van der Waals surface area (Å²) in [5.74, 6) is 0.756. The minimum atomic E-state index is 0.697. The van der Waals surface area contributed by atoms with Crippen molar-refractivity contribution in [2.45, 2.75) is 59.0 Å². The topological polar surface area (TPSA) is 15.3 Å². The van der Waals surface area contributed by atoms with Crippen LogP contribution in [0, 0.1) is 5.92 Å². The van der Waals surface area contributed by atoms with Crippen LogP contribution in [0.25, 0.3) is 0 Å². The van der Waals surface area contributed by atoms with E-state index in [4.69, 9.17) is 0 Å². The summed E-state index contributed by atoms with van der Waals surface area (Å²) in [4.78, 5) is 2.66. The van der Waals surface area contributed by atoms with Gasteiger partial charge in [-0.2, -0.15) is 0 Å². The van der Waals surface area contributed by atoms with Gasteiger partial charge in [-0.1, -0.05) is 33.6 Å². The van der Waals surface area contributed by atoms with E-state index in [1.807, 2.05) is 0 Å². The van der Waals surface area contributed by atoms with Gasteiger partial charge in [0, 0.05) is 31.7 Å². The van der Waals surface area contributed by atoms with Gasteiger partial charge in [0.05, 0.1) is 0 Å². The zero-order valence-electron chi connectivity index (χ0n) is 10.9. The SMILES string of the molecule is CCCCC(C)N1CCNC(C(C)C)C1. The first-order chi connectivity index (χ1) is 7.15. The molecule has 0 bridgehead atoms. The second-order valence-electron chi connectivity index (χ2n) is 5.29. The minimum absolute atomic E-state index is 0.697. The minimum Gasteiger partial charge on any atom is -0.311 e. The van der Waals surface area contributed by atoms with Gasteiger partial charge in [0.15, 0.2) is 0 Å². The van der Waals surface area contributed by atoms with Crippen molar-refractivity contribution in [3.05, 3.63) is 0 Å². The molecule has 0 amide bonds.